The number of aromatic nitrogens is 2. The maximum Gasteiger partial charge on any atom is 0.255 e. The number of hydrogen-bond donors (Lipinski definition) is 2. The minimum Gasteiger partial charge on any atom is -0.394 e. The van der Waals surface area contributed by atoms with E-state index in [2.05, 4.69) is 10.3 Å². The molecule has 1 amide bonds. The van der Waals surface area contributed by atoms with Crippen LogP contribution in [0.1, 0.15) is 10.4 Å². The number of carbonyl (C=O) groups excluding carboxylic acids is 1. The number of rotatable bonds is 6. The highest BCUT2D eigenvalue weighted by atomic mass is 16.5. The summed E-state index contributed by atoms with van der Waals surface area (Å²) >= 11 is 0. The Morgan fingerprint density at radius 1 is 1.44 bits per heavy atom. The maximum absolute atomic E-state index is 11.9. The second kappa shape index (κ2) is 6.13. The fourth-order valence-corrected chi connectivity index (χ4v) is 1.62. The number of ether oxygens (including phenoxy) is 1. The molecule has 6 heteroatoms. The zero-order chi connectivity index (χ0) is 12.8. The third-order valence-corrected chi connectivity index (χ3v) is 2.43. The summed E-state index contributed by atoms with van der Waals surface area (Å²) < 4.78 is 6.84. The van der Waals surface area contributed by atoms with Crippen LogP contribution in [0.3, 0.4) is 0 Å². The lowest BCUT2D eigenvalue weighted by Gasteiger charge is -2.06. The standard InChI is InChI=1S/C12H15N3O3/c16-7-9-18-8-4-14-12(17)10-2-1-5-15-6-3-13-11(10)15/h1-3,5-6,16H,4,7-9H2,(H,14,17). The van der Waals surface area contributed by atoms with E-state index in [0.717, 1.165) is 0 Å². The molecule has 18 heavy (non-hydrogen) atoms. The summed E-state index contributed by atoms with van der Waals surface area (Å²) in [6.07, 6.45) is 5.27. The Bertz CT molecular complexity index is 524. The predicted octanol–water partition coefficient (Wildman–Crippen LogP) is 0.0730. The second-order valence-corrected chi connectivity index (χ2v) is 3.67. The minimum atomic E-state index is -0.181. The zero-order valence-corrected chi connectivity index (χ0v) is 9.87. The molecule has 0 radical (unpaired) electrons. The van der Waals surface area contributed by atoms with Crippen LogP contribution < -0.4 is 5.32 Å². The van der Waals surface area contributed by atoms with Gasteiger partial charge in [0, 0.05) is 25.1 Å². The molecule has 0 fully saturated rings. The lowest BCUT2D eigenvalue weighted by molar-refractivity contribution is 0.0838. The number of imidazole rings is 1. The van der Waals surface area contributed by atoms with Gasteiger partial charge in [-0.3, -0.25) is 4.79 Å². The first-order valence-electron chi connectivity index (χ1n) is 5.71. The van der Waals surface area contributed by atoms with E-state index in [0.29, 0.717) is 24.4 Å². The lowest BCUT2D eigenvalue weighted by atomic mass is 10.2. The molecule has 2 N–H and O–H groups in total. The van der Waals surface area contributed by atoms with Gasteiger partial charge in [0.1, 0.15) is 5.65 Å². The average molecular weight is 249 g/mol. The molecule has 0 aliphatic carbocycles. The van der Waals surface area contributed by atoms with Gasteiger partial charge in [-0.15, -0.1) is 0 Å². The molecule has 2 heterocycles. The smallest absolute Gasteiger partial charge is 0.255 e. The number of fused-ring (bicyclic) bond motifs is 1. The van der Waals surface area contributed by atoms with Gasteiger partial charge < -0.3 is 19.6 Å². The Hall–Kier alpha value is -1.92. The van der Waals surface area contributed by atoms with Crippen LogP contribution >= 0.6 is 0 Å². The molecular formula is C12H15N3O3. The number of aliphatic hydroxyl groups excluding tert-OH is 1. The Kier molecular flexibility index (Phi) is 4.27. The first kappa shape index (κ1) is 12.5. The van der Waals surface area contributed by atoms with E-state index >= 15 is 0 Å². The molecule has 0 atom stereocenters. The molecule has 6 nitrogen and oxygen atoms in total. The molecule has 2 aromatic rings. The lowest BCUT2D eigenvalue weighted by Crippen LogP contribution is -2.28. The molecule has 2 rings (SSSR count). The van der Waals surface area contributed by atoms with Crippen molar-refractivity contribution in [1.29, 1.82) is 0 Å². The van der Waals surface area contributed by atoms with E-state index in [1.54, 1.807) is 28.9 Å². The van der Waals surface area contributed by atoms with Crippen molar-refractivity contribution in [1.82, 2.24) is 14.7 Å². The summed E-state index contributed by atoms with van der Waals surface area (Å²) in [5.74, 6) is -0.181. The maximum atomic E-state index is 11.9. The molecular weight excluding hydrogens is 234 g/mol. The normalized spacial score (nSPS) is 10.7. The van der Waals surface area contributed by atoms with E-state index < -0.39 is 0 Å². The number of amides is 1. The molecule has 0 spiro atoms. The minimum absolute atomic E-state index is 0.0126. The topological polar surface area (TPSA) is 75.9 Å². The second-order valence-electron chi connectivity index (χ2n) is 3.67. The average Bonchev–Trinajstić information content (AvgIpc) is 2.86. The Labute approximate surface area is 104 Å². The molecule has 0 saturated carbocycles. The van der Waals surface area contributed by atoms with E-state index in [9.17, 15) is 4.79 Å². The van der Waals surface area contributed by atoms with Gasteiger partial charge in [-0.05, 0) is 12.1 Å². The van der Waals surface area contributed by atoms with Crippen molar-refractivity contribution in [3.63, 3.8) is 0 Å². The number of carbonyl (C=O) groups is 1. The highest BCUT2D eigenvalue weighted by Crippen LogP contribution is 2.07. The van der Waals surface area contributed by atoms with Crippen LogP contribution in [-0.2, 0) is 4.74 Å². The van der Waals surface area contributed by atoms with Crippen LogP contribution in [0.4, 0.5) is 0 Å². The molecule has 2 aromatic heterocycles. The highest BCUT2D eigenvalue weighted by Gasteiger charge is 2.10. The third kappa shape index (κ3) is 2.85. The Morgan fingerprint density at radius 3 is 3.17 bits per heavy atom. The van der Waals surface area contributed by atoms with Gasteiger partial charge >= 0.3 is 0 Å². The van der Waals surface area contributed by atoms with Gasteiger partial charge in [-0.25, -0.2) is 4.98 Å². The molecule has 0 unspecified atom stereocenters. The first-order chi connectivity index (χ1) is 8.83. The van der Waals surface area contributed by atoms with Crippen molar-refractivity contribution in [3.8, 4) is 0 Å². The van der Waals surface area contributed by atoms with Crippen LogP contribution in [0.5, 0.6) is 0 Å². The van der Waals surface area contributed by atoms with E-state index in [-0.39, 0.29) is 19.1 Å². The van der Waals surface area contributed by atoms with Crippen LogP contribution in [0, 0.1) is 0 Å². The van der Waals surface area contributed by atoms with Crippen LogP contribution in [0.25, 0.3) is 5.65 Å². The molecule has 0 saturated heterocycles. The fourth-order valence-electron chi connectivity index (χ4n) is 1.62. The van der Waals surface area contributed by atoms with E-state index in [1.807, 2.05) is 6.20 Å². The van der Waals surface area contributed by atoms with Crippen molar-refractivity contribution < 1.29 is 14.6 Å². The van der Waals surface area contributed by atoms with Gasteiger partial charge in [0.15, 0.2) is 0 Å². The van der Waals surface area contributed by atoms with Crippen LogP contribution in [-0.4, -0.2) is 46.8 Å². The quantitative estimate of drug-likeness (QED) is 0.710. The largest absolute Gasteiger partial charge is 0.394 e. The summed E-state index contributed by atoms with van der Waals surface area (Å²) in [4.78, 5) is 16.1. The van der Waals surface area contributed by atoms with Crippen molar-refractivity contribution >= 4 is 11.6 Å². The molecule has 0 aliphatic rings. The number of pyridine rings is 1. The van der Waals surface area contributed by atoms with Crippen LogP contribution in [0.15, 0.2) is 30.7 Å². The van der Waals surface area contributed by atoms with Crippen molar-refractivity contribution in [2.45, 2.75) is 0 Å². The number of nitrogens with zero attached hydrogens (tertiary/aromatic N) is 2. The van der Waals surface area contributed by atoms with Crippen molar-refractivity contribution in [3.05, 3.63) is 36.3 Å². The zero-order valence-electron chi connectivity index (χ0n) is 9.87. The van der Waals surface area contributed by atoms with E-state index in [4.69, 9.17) is 9.84 Å². The first-order valence-corrected chi connectivity index (χ1v) is 5.71. The molecule has 96 valence electrons. The van der Waals surface area contributed by atoms with Gasteiger partial charge in [-0.2, -0.15) is 0 Å². The third-order valence-electron chi connectivity index (χ3n) is 2.43. The van der Waals surface area contributed by atoms with Crippen molar-refractivity contribution in [2.75, 3.05) is 26.4 Å². The van der Waals surface area contributed by atoms with Gasteiger partial charge in [0.05, 0.1) is 25.4 Å². The van der Waals surface area contributed by atoms with Gasteiger partial charge in [0.2, 0.25) is 0 Å². The SMILES string of the molecule is O=C(NCCOCCO)c1cccn2ccnc12. The van der Waals surface area contributed by atoms with Crippen LogP contribution in [0.2, 0.25) is 0 Å². The van der Waals surface area contributed by atoms with Gasteiger partial charge in [-0.1, -0.05) is 0 Å². The Balaban J connectivity index is 1.94. The fraction of sp³-hybridized carbons (Fsp3) is 0.333. The number of aliphatic hydroxyl groups is 1. The summed E-state index contributed by atoms with van der Waals surface area (Å²) in [5, 5.41) is 11.3. The summed E-state index contributed by atoms with van der Waals surface area (Å²) in [6.45, 7) is 1.05. The molecule has 0 bridgehead atoms. The Morgan fingerprint density at radius 2 is 2.33 bits per heavy atom. The monoisotopic (exact) mass is 249 g/mol. The molecule has 0 aliphatic heterocycles. The summed E-state index contributed by atoms with van der Waals surface area (Å²) in [6, 6.07) is 3.53. The number of hydrogen-bond acceptors (Lipinski definition) is 4. The summed E-state index contributed by atoms with van der Waals surface area (Å²) in [7, 11) is 0. The van der Waals surface area contributed by atoms with Gasteiger partial charge in [0.25, 0.3) is 5.91 Å². The highest BCUT2D eigenvalue weighted by molar-refractivity contribution is 5.99. The summed E-state index contributed by atoms with van der Waals surface area (Å²) in [5.41, 5.74) is 1.16. The van der Waals surface area contributed by atoms with E-state index in [1.165, 1.54) is 0 Å². The molecule has 0 aromatic carbocycles. The number of nitrogens with one attached hydrogen (secondary N) is 1. The van der Waals surface area contributed by atoms with Crippen molar-refractivity contribution in [2.24, 2.45) is 0 Å². The predicted molar refractivity (Wildman–Crippen MR) is 65.4 cm³/mol.